The minimum atomic E-state index is -0.179. The molecule has 4 heteroatoms. The Morgan fingerprint density at radius 3 is 2.50 bits per heavy atom. The zero-order valence-electron chi connectivity index (χ0n) is 11.2. The highest BCUT2D eigenvalue weighted by molar-refractivity contribution is 5.75. The summed E-state index contributed by atoms with van der Waals surface area (Å²) in [5, 5.41) is 3.14. The van der Waals surface area contributed by atoms with Gasteiger partial charge in [0.25, 0.3) is 0 Å². The van der Waals surface area contributed by atoms with Crippen LogP contribution in [0.2, 0.25) is 0 Å². The number of nitrogens with zero attached hydrogens (tertiary/aromatic N) is 1. The molecule has 2 atom stereocenters. The number of nitrogens with one attached hydrogen (secondary N) is 1. The summed E-state index contributed by atoms with van der Waals surface area (Å²) in [4.78, 5) is 13.7. The summed E-state index contributed by atoms with van der Waals surface area (Å²) < 4.78 is 4.76. The molecule has 0 amide bonds. The Bertz CT molecular complexity index is 197. The molecule has 0 saturated carbocycles. The first-order valence-corrected chi connectivity index (χ1v) is 6.08. The van der Waals surface area contributed by atoms with E-state index in [0.29, 0.717) is 6.04 Å². The molecule has 0 aromatic carbocycles. The van der Waals surface area contributed by atoms with E-state index in [0.717, 1.165) is 25.9 Å². The zero-order chi connectivity index (χ0) is 12.6. The Morgan fingerprint density at radius 2 is 2.06 bits per heavy atom. The Kier molecular flexibility index (Phi) is 8.21. The molecule has 0 aromatic heterocycles. The highest BCUT2D eigenvalue weighted by Gasteiger charge is 2.18. The van der Waals surface area contributed by atoms with Crippen LogP contribution in [0.25, 0.3) is 0 Å². The molecule has 0 heterocycles. The van der Waals surface area contributed by atoms with Crippen molar-refractivity contribution in [3.63, 3.8) is 0 Å². The third-order valence-corrected chi connectivity index (χ3v) is 3.05. The second kappa shape index (κ2) is 8.53. The fourth-order valence-electron chi connectivity index (χ4n) is 1.56. The maximum Gasteiger partial charge on any atom is 0.322 e. The molecule has 2 unspecified atom stereocenters. The van der Waals surface area contributed by atoms with Gasteiger partial charge in [0.1, 0.15) is 6.04 Å². The van der Waals surface area contributed by atoms with Gasteiger partial charge in [-0.2, -0.15) is 0 Å². The predicted octanol–water partition coefficient (Wildman–Crippen LogP) is 1.26. The maximum absolute atomic E-state index is 11.5. The number of methoxy groups -OCH3 is 1. The predicted molar refractivity (Wildman–Crippen MR) is 66.5 cm³/mol. The van der Waals surface area contributed by atoms with Crippen LogP contribution < -0.4 is 5.32 Å². The fourth-order valence-corrected chi connectivity index (χ4v) is 1.56. The SMILES string of the molecule is CCNC(CCN(C)C(C)CC)C(=O)OC. The topological polar surface area (TPSA) is 41.6 Å². The van der Waals surface area contributed by atoms with Gasteiger partial charge >= 0.3 is 5.97 Å². The second-order valence-corrected chi connectivity index (χ2v) is 4.16. The van der Waals surface area contributed by atoms with Crippen LogP contribution in [0.1, 0.15) is 33.6 Å². The summed E-state index contributed by atoms with van der Waals surface area (Å²) in [5.74, 6) is -0.167. The van der Waals surface area contributed by atoms with Gasteiger partial charge in [-0.05, 0) is 33.4 Å². The van der Waals surface area contributed by atoms with Crippen molar-refractivity contribution in [3.05, 3.63) is 0 Å². The van der Waals surface area contributed by atoms with Crippen LogP contribution >= 0.6 is 0 Å². The van der Waals surface area contributed by atoms with Gasteiger partial charge in [-0.15, -0.1) is 0 Å². The van der Waals surface area contributed by atoms with Gasteiger partial charge < -0.3 is 15.0 Å². The monoisotopic (exact) mass is 230 g/mol. The van der Waals surface area contributed by atoms with Crippen molar-refractivity contribution >= 4 is 5.97 Å². The third kappa shape index (κ3) is 5.47. The molecule has 0 bridgehead atoms. The summed E-state index contributed by atoms with van der Waals surface area (Å²) >= 11 is 0. The lowest BCUT2D eigenvalue weighted by Gasteiger charge is -2.25. The summed E-state index contributed by atoms with van der Waals surface area (Å²) in [7, 11) is 3.53. The van der Waals surface area contributed by atoms with E-state index in [2.05, 4.69) is 31.1 Å². The molecule has 0 aliphatic heterocycles. The number of carbonyl (C=O) groups is 1. The van der Waals surface area contributed by atoms with Gasteiger partial charge in [0, 0.05) is 12.6 Å². The van der Waals surface area contributed by atoms with Crippen molar-refractivity contribution < 1.29 is 9.53 Å². The first-order chi connectivity index (χ1) is 7.56. The smallest absolute Gasteiger partial charge is 0.322 e. The van der Waals surface area contributed by atoms with E-state index in [-0.39, 0.29) is 12.0 Å². The van der Waals surface area contributed by atoms with E-state index in [9.17, 15) is 4.79 Å². The largest absolute Gasteiger partial charge is 0.468 e. The van der Waals surface area contributed by atoms with Crippen LogP contribution in [-0.2, 0) is 9.53 Å². The normalized spacial score (nSPS) is 14.9. The molecule has 16 heavy (non-hydrogen) atoms. The maximum atomic E-state index is 11.5. The van der Waals surface area contributed by atoms with Gasteiger partial charge in [-0.25, -0.2) is 0 Å². The summed E-state index contributed by atoms with van der Waals surface area (Å²) in [5.41, 5.74) is 0. The Hall–Kier alpha value is -0.610. The van der Waals surface area contributed by atoms with Gasteiger partial charge in [0.05, 0.1) is 7.11 Å². The van der Waals surface area contributed by atoms with E-state index in [1.54, 1.807) is 0 Å². The first kappa shape index (κ1) is 15.4. The van der Waals surface area contributed by atoms with E-state index < -0.39 is 0 Å². The van der Waals surface area contributed by atoms with Crippen molar-refractivity contribution in [2.24, 2.45) is 0 Å². The molecule has 0 aliphatic carbocycles. The standard InChI is InChI=1S/C12H26N2O2/c1-6-10(3)14(4)9-8-11(13-7-2)12(15)16-5/h10-11,13H,6-9H2,1-5H3. The fraction of sp³-hybridized carbons (Fsp3) is 0.917. The highest BCUT2D eigenvalue weighted by atomic mass is 16.5. The van der Waals surface area contributed by atoms with E-state index in [1.165, 1.54) is 7.11 Å². The number of hydrogen-bond acceptors (Lipinski definition) is 4. The lowest BCUT2D eigenvalue weighted by Crippen LogP contribution is -2.41. The highest BCUT2D eigenvalue weighted by Crippen LogP contribution is 2.03. The molecular formula is C12H26N2O2. The molecule has 0 radical (unpaired) electrons. The Labute approximate surface area is 99.3 Å². The molecular weight excluding hydrogens is 204 g/mol. The minimum absolute atomic E-state index is 0.167. The third-order valence-electron chi connectivity index (χ3n) is 3.05. The zero-order valence-corrected chi connectivity index (χ0v) is 11.2. The van der Waals surface area contributed by atoms with Crippen molar-refractivity contribution in [2.45, 2.75) is 45.7 Å². The van der Waals surface area contributed by atoms with E-state index >= 15 is 0 Å². The Morgan fingerprint density at radius 1 is 1.44 bits per heavy atom. The van der Waals surface area contributed by atoms with Crippen LogP contribution in [-0.4, -0.2) is 50.2 Å². The van der Waals surface area contributed by atoms with Gasteiger partial charge in [0.2, 0.25) is 0 Å². The molecule has 0 aromatic rings. The van der Waals surface area contributed by atoms with Crippen LogP contribution in [0.3, 0.4) is 0 Å². The lowest BCUT2D eigenvalue weighted by molar-refractivity contribution is -0.143. The Balaban J connectivity index is 4.05. The van der Waals surface area contributed by atoms with Crippen molar-refractivity contribution in [2.75, 3.05) is 27.2 Å². The van der Waals surface area contributed by atoms with Crippen LogP contribution in [0, 0.1) is 0 Å². The van der Waals surface area contributed by atoms with Crippen LogP contribution in [0.5, 0.6) is 0 Å². The van der Waals surface area contributed by atoms with Crippen molar-refractivity contribution in [1.29, 1.82) is 0 Å². The molecule has 0 fully saturated rings. The van der Waals surface area contributed by atoms with Crippen LogP contribution in [0.15, 0.2) is 0 Å². The molecule has 4 nitrogen and oxygen atoms in total. The van der Waals surface area contributed by atoms with Crippen LogP contribution in [0.4, 0.5) is 0 Å². The molecule has 0 rings (SSSR count). The minimum Gasteiger partial charge on any atom is -0.468 e. The number of carbonyl (C=O) groups excluding carboxylic acids is 1. The molecule has 0 aliphatic rings. The summed E-state index contributed by atoms with van der Waals surface area (Å²) in [6.45, 7) is 8.05. The van der Waals surface area contributed by atoms with Gasteiger partial charge in [0.15, 0.2) is 0 Å². The van der Waals surface area contributed by atoms with Crippen molar-refractivity contribution in [1.82, 2.24) is 10.2 Å². The summed E-state index contributed by atoms with van der Waals surface area (Å²) in [6.07, 6.45) is 1.92. The quantitative estimate of drug-likeness (QED) is 0.637. The second-order valence-electron chi connectivity index (χ2n) is 4.16. The average molecular weight is 230 g/mol. The number of ether oxygens (including phenoxy) is 1. The molecule has 0 saturated heterocycles. The van der Waals surface area contributed by atoms with Gasteiger partial charge in [-0.3, -0.25) is 4.79 Å². The summed E-state index contributed by atoms with van der Waals surface area (Å²) in [6, 6.07) is 0.376. The number of hydrogen-bond donors (Lipinski definition) is 1. The first-order valence-electron chi connectivity index (χ1n) is 6.08. The van der Waals surface area contributed by atoms with E-state index in [1.807, 2.05) is 6.92 Å². The molecule has 96 valence electrons. The van der Waals surface area contributed by atoms with Gasteiger partial charge in [-0.1, -0.05) is 13.8 Å². The molecule has 1 N–H and O–H groups in total. The van der Waals surface area contributed by atoms with Crippen molar-refractivity contribution in [3.8, 4) is 0 Å². The number of rotatable bonds is 8. The lowest BCUT2D eigenvalue weighted by atomic mass is 10.1. The number of esters is 1. The number of likely N-dealkylation sites (N-methyl/N-ethyl adjacent to an activating group) is 1. The molecule has 0 spiro atoms. The van der Waals surface area contributed by atoms with E-state index in [4.69, 9.17) is 4.74 Å². The average Bonchev–Trinajstić information content (AvgIpc) is 2.31.